The number of rotatable bonds is 1. The van der Waals surface area contributed by atoms with Crippen LogP contribution in [0.1, 0.15) is 0 Å². The van der Waals surface area contributed by atoms with Crippen molar-refractivity contribution in [2.45, 2.75) is 0 Å². The first-order valence-electron chi connectivity index (χ1n) is 4.28. The molecule has 0 aliphatic heterocycles. The molecule has 0 atom stereocenters. The molecule has 0 bridgehead atoms. The van der Waals surface area contributed by atoms with E-state index in [2.05, 4.69) is 22.0 Å². The maximum absolute atomic E-state index is 5.83. The van der Waals surface area contributed by atoms with Crippen molar-refractivity contribution in [1.29, 1.82) is 0 Å². The van der Waals surface area contributed by atoms with E-state index in [4.69, 9.17) is 11.6 Å². The van der Waals surface area contributed by atoms with E-state index in [9.17, 15) is 0 Å². The Morgan fingerprint density at radius 3 is 2.14 bits per heavy atom. The van der Waals surface area contributed by atoms with Crippen LogP contribution < -0.4 is 0 Å². The minimum atomic E-state index is 0.765. The third kappa shape index (κ3) is 1.99. The molecule has 0 spiro atoms. The molecule has 0 saturated heterocycles. The second-order valence-corrected chi connectivity index (χ2v) is 4.28. The molecule has 14 heavy (non-hydrogen) atoms. The van der Waals surface area contributed by atoms with E-state index in [1.807, 2.05) is 42.5 Å². The summed E-state index contributed by atoms with van der Waals surface area (Å²) in [6.07, 6.45) is 0. The maximum Gasteiger partial charge on any atom is 0.0406 e. The molecule has 0 nitrogen and oxygen atoms in total. The van der Waals surface area contributed by atoms with Crippen molar-refractivity contribution in [3.8, 4) is 11.1 Å². The zero-order chi connectivity index (χ0) is 9.97. The van der Waals surface area contributed by atoms with Crippen LogP contribution in [-0.2, 0) is 0 Å². The zero-order valence-electron chi connectivity index (χ0n) is 7.37. The molecule has 0 unspecified atom stereocenters. The summed E-state index contributed by atoms with van der Waals surface area (Å²) in [5.41, 5.74) is 2.35. The Hall–Kier alpha value is -0.790. The zero-order valence-corrected chi connectivity index (χ0v) is 9.72. The topological polar surface area (TPSA) is 0 Å². The van der Waals surface area contributed by atoms with Gasteiger partial charge in [-0.05, 0) is 29.3 Å². The molecule has 0 saturated carbocycles. The number of halogens is 2. The maximum atomic E-state index is 5.83. The third-order valence-corrected chi connectivity index (χ3v) is 2.97. The monoisotopic (exact) mass is 266 g/mol. The normalized spacial score (nSPS) is 10.1. The first-order chi connectivity index (χ1) is 6.77. The van der Waals surface area contributed by atoms with Gasteiger partial charge in [0.15, 0.2) is 0 Å². The molecule has 0 N–H and O–H groups in total. The SMILES string of the molecule is Clc1ccc(-c2ccccc2Br)cc1. The van der Waals surface area contributed by atoms with Gasteiger partial charge in [-0.2, -0.15) is 0 Å². The third-order valence-electron chi connectivity index (χ3n) is 2.03. The largest absolute Gasteiger partial charge is 0.0843 e. The lowest BCUT2D eigenvalue weighted by Crippen LogP contribution is -1.78. The van der Waals surface area contributed by atoms with Crippen LogP contribution in [0, 0.1) is 0 Å². The van der Waals surface area contributed by atoms with Crippen LogP contribution in [0.15, 0.2) is 53.0 Å². The average Bonchev–Trinajstić information content (AvgIpc) is 2.20. The van der Waals surface area contributed by atoms with Gasteiger partial charge in [0.1, 0.15) is 0 Å². The van der Waals surface area contributed by atoms with Crippen molar-refractivity contribution >= 4 is 27.5 Å². The van der Waals surface area contributed by atoms with Crippen molar-refractivity contribution in [3.05, 3.63) is 58.0 Å². The Morgan fingerprint density at radius 2 is 1.50 bits per heavy atom. The summed E-state index contributed by atoms with van der Waals surface area (Å²) < 4.78 is 1.10. The number of benzene rings is 2. The summed E-state index contributed by atoms with van der Waals surface area (Å²) in [5.74, 6) is 0. The fourth-order valence-corrected chi connectivity index (χ4v) is 1.96. The highest BCUT2D eigenvalue weighted by molar-refractivity contribution is 9.10. The molecule has 0 amide bonds. The first kappa shape index (κ1) is 9.75. The first-order valence-corrected chi connectivity index (χ1v) is 5.45. The van der Waals surface area contributed by atoms with E-state index in [0.29, 0.717) is 0 Å². The lowest BCUT2D eigenvalue weighted by molar-refractivity contribution is 1.58. The van der Waals surface area contributed by atoms with Gasteiger partial charge < -0.3 is 0 Å². The molecule has 2 aromatic carbocycles. The van der Waals surface area contributed by atoms with Gasteiger partial charge in [0.2, 0.25) is 0 Å². The second kappa shape index (κ2) is 4.16. The van der Waals surface area contributed by atoms with E-state index in [1.54, 1.807) is 0 Å². The highest BCUT2D eigenvalue weighted by Crippen LogP contribution is 2.28. The van der Waals surface area contributed by atoms with Crippen molar-refractivity contribution in [2.75, 3.05) is 0 Å². The van der Waals surface area contributed by atoms with Crippen LogP contribution in [0.4, 0.5) is 0 Å². The molecular formula is C12H8BrCl. The van der Waals surface area contributed by atoms with Crippen LogP contribution in [0.5, 0.6) is 0 Å². The van der Waals surface area contributed by atoms with Gasteiger partial charge in [-0.1, -0.05) is 57.9 Å². The van der Waals surface area contributed by atoms with Crippen molar-refractivity contribution in [3.63, 3.8) is 0 Å². The van der Waals surface area contributed by atoms with Gasteiger partial charge in [-0.15, -0.1) is 0 Å². The highest BCUT2D eigenvalue weighted by Gasteiger charge is 2.00. The molecule has 0 aromatic heterocycles. The molecule has 0 heterocycles. The molecule has 2 heteroatoms. The lowest BCUT2D eigenvalue weighted by atomic mass is 10.1. The Labute approximate surface area is 96.7 Å². The molecular weight excluding hydrogens is 259 g/mol. The molecule has 70 valence electrons. The van der Waals surface area contributed by atoms with Gasteiger partial charge in [0.05, 0.1) is 0 Å². The summed E-state index contributed by atoms with van der Waals surface area (Å²) in [6.45, 7) is 0. The summed E-state index contributed by atoms with van der Waals surface area (Å²) in [4.78, 5) is 0. The van der Waals surface area contributed by atoms with Crippen molar-refractivity contribution in [1.82, 2.24) is 0 Å². The van der Waals surface area contributed by atoms with Gasteiger partial charge in [0, 0.05) is 9.50 Å². The standard InChI is InChI=1S/C12H8BrCl/c13-12-4-2-1-3-11(12)9-5-7-10(14)8-6-9/h1-8H. The van der Waals surface area contributed by atoms with Crippen molar-refractivity contribution in [2.24, 2.45) is 0 Å². The molecule has 2 rings (SSSR count). The number of hydrogen-bond donors (Lipinski definition) is 0. The molecule has 0 aliphatic rings. The summed E-state index contributed by atoms with van der Waals surface area (Å²) in [7, 11) is 0. The lowest BCUT2D eigenvalue weighted by Gasteiger charge is -2.03. The van der Waals surface area contributed by atoms with Gasteiger partial charge >= 0.3 is 0 Å². The molecule has 2 aromatic rings. The molecule has 0 radical (unpaired) electrons. The Balaban J connectivity index is 2.50. The summed E-state index contributed by atoms with van der Waals surface area (Å²) in [6, 6.07) is 16.0. The van der Waals surface area contributed by atoms with Crippen LogP contribution in [0.2, 0.25) is 5.02 Å². The van der Waals surface area contributed by atoms with Crippen molar-refractivity contribution < 1.29 is 0 Å². The highest BCUT2D eigenvalue weighted by atomic mass is 79.9. The minimum absolute atomic E-state index is 0.765. The van der Waals surface area contributed by atoms with Gasteiger partial charge in [0.25, 0.3) is 0 Å². The second-order valence-electron chi connectivity index (χ2n) is 2.99. The Morgan fingerprint density at radius 1 is 0.857 bits per heavy atom. The fraction of sp³-hybridized carbons (Fsp3) is 0. The predicted octanol–water partition coefficient (Wildman–Crippen LogP) is 4.77. The smallest absolute Gasteiger partial charge is 0.0406 e. The summed E-state index contributed by atoms with van der Waals surface area (Å²) >= 11 is 9.35. The van der Waals surface area contributed by atoms with E-state index in [1.165, 1.54) is 11.1 Å². The average molecular weight is 268 g/mol. The van der Waals surface area contributed by atoms with Gasteiger partial charge in [-0.3, -0.25) is 0 Å². The Kier molecular flexibility index (Phi) is 2.90. The number of hydrogen-bond acceptors (Lipinski definition) is 0. The van der Waals surface area contributed by atoms with E-state index >= 15 is 0 Å². The summed E-state index contributed by atoms with van der Waals surface area (Å²) in [5, 5.41) is 0.765. The van der Waals surface area contributed by atoms with E-state index < -0.39 is 0 Å². The Bertz CT molecular complexity index is 434. The molecule has 0 fully saturated rings. The predicted molar refractivity (Wildman–Crippen MR) is 64.6 cm³/mol. The van der Waals surface area contributed by atoms with Crippen LogP contribution in [0.25, 0.3) is 11.1 Å². The van der Waals surface area contributed by atoms with Crippen LogP contribution in [-0.4, -0.2) is 0 Å². The van der Waals surface area contributed by atoms with Crippen LogP contribution in [0.3, 0.4) is 0 Å². The van der Waals surface area contributed by atoms with Crippen LogP contribution >= 0.6 is 27.5 Å². The molecule has 0 aliphatic carbocycles. The van der Waals surface area contributed by atoms with E-state index in [0.717, 1.165) is 9.50 Å². The minimum Gasteiger partial charge on any atom is -0.0843 e. The quantitative estimate of drug-likeness (QED) is 0.698. The fourth-order valence-electron chi connectivity index (χ4n) is 1.32. The van der Waals surface area contributed by atoms with Gasteiger partial charge in [-0.25, -0.2) is 0 Å². The van der Waals surface area contributed by atoms with E-state index in [-0.39, 0.29) is 0 Å².